The predicted octanol–water partition coefficient (Wildman–Crippen LogP) is 5.36. The van der Waals surface area contributed by atoms with Crippen LogP contribution in [0.25, 0.3) is 0 Å². The van der Waals surface area contributed by atoms with Crippen molar-refractivity contribution in [2.45, 2.75) is 27.7 Å². The van der Waals surface area contributed by atoms with Crippen molar-refractivity contribution in [1.82, 2.24) is 19.1 Å². The average molecular weight is 625 g/mol. The summed E-state index contributed by atoms with van der Waals surface area (Å²) in [5, 5.41) is 6.27. The third-order valence-corrected chi connectivity index (χ3v) is 6.14. The smallest absolute Gasteiger partial charge is 0.349 e. The highest BCUT2D eigenvalue weighted by molar-refractivity contribution is 7.71. The molecule has 0 unspecified atom stereocenters. The maximum Gasteiger partial charge on any atom is 0.349 e. The summed E-state index contributed by atoms with van der Waals surface area (Å²) in [7, 11) is 3.45. The zero-order valence-corrected chi connectivity index (χ0v) is 26.7. The standard InChI is InChI=1S/C13H14N4O3.C13H14N4O2S.2C2H6/c1-17-7-10-12(16-13(17)18)15-11-8(19-6-5-14)3-2-4-9(11)20-10;1-17-7-10-12(16-13(17)20)15-11-8(18-6-5-14)3-2-4-9(11)19-10;2*1-2/h2-4,7H,5-6,14H2,1H3,(H,15,16,18);2-4,7H,5-6,14H2,1H3,(H,15,16,20);2*1-2H3. The van der Waals surface area contributed by atoms with Crippen LogP contribution >= 0.6 is 12.2 Å². The van der Waals surface area contributed by atoms with Crippen LogP contribution < -0.4 is 46.7 Å². The number of nitrogens with two attached hydrogens (primary N) is 2. The van der Waals surface area contributed by atoms with Crippen molar-refractivity contribution in [1.29, 1.82) is 0 Å². The molecule has 14 heteroatoms. The predicted molar refractivity (Wildman–Crippen MR) is 175 cm³/mol. The summed E-state index contributed by atoms with van der Waals surface area (Å²) in [6.45, 7) is 9.70. The first-order valence-corrected chi connectivity index (χ1v) is 14.8. The Bertz CT molecular complexity index is 1550. The second kappa shape index (κ2) is 16.3. The molecule has 13 nitrogen and oxygen atoms in total. The lowest BCUT2D eigenvalue weighted by atomic mass is 10.2. The molecule has 44 heavy (non-hydrogen) atoms. The van der Waals surface area contributed by atoms with Crippen molar-refractivity contribution in [2.24, 2.45) is 25.6 Å². The van der Waals surface area contributed by atoms with Gasteiger partial charge in [-0.1, -0.05) is 39.8 Å². The van der Waals surface area contributed by atoms with Crippen LogP contribution in [0.4, 0.5) is 23.0 Å². The quantitative estimate of drug-likeness (QED) is 0.176. The topological polar surface area (TPSA) is 166 Å². The molecule has 0 spiro atoms. The fourth-order valence-corrected chi connectivity index (χ4v) is 4.01. The number of rotatable bonds is 6. The number of nitrogens with zero attached hydrogens (tertiary/aromatic N) is 4. The van der Waals surface area contributed by atoms with Crippen LogP contribution in [0.3, 0.4) is 0 Å². The van der Waals surface area contributed by atoms with Gasteiger partial charge in [-0.25, -0.2) is 4.79 Å². The Morgan fingerprint density at radius 2 is 1.20 bits per heavy atom. The zero-order valence-electron chi connectivity index (χ0n) is 25.8. The van der Waals surface area contributed by atoms with Gasteiger partial charge in [0.15, 0.2) is 34.6 Å². The minimum absolute atomic E-state index is 0.358. The van der Waals surface area contributed by atoms with Crippen LogP contribution in [0.2, 0.25) is 0 Å². The van der Waals surface area contributed by atoms with Crippen LogP contribution in [0.1, 0.15) is 27.7 Å². The van der Waals surface area contributed by atoms with Gasteiger partial charge in [-0.15, -0.1) is 0 Å². The van der Waals surface area contributed by atoms with E-state index in [9.17, 15) is 4.79 Å². The molecule has 2 aliphatic heterocycles. The maximum absolute atomic E-state index is 11.6. The molecular formula is C30H40N8O5S. The molecule has 0 atom stereocenters. The first kappa shape index (κ1) is 33.8. The number of fused-ring (bicyclic) bond motifs is 4. The Hall–Kier alpha value is -4.66. The Kier molecular flexibility index (Phi) is 12.5. The Morgan fingerprint density at radius 3 is 1.68 bits per heavy atom. The van der Waals surface area contributed by atoms with E-state index in [0.29, 0.717) is 82.9 Å². The minimum atomic E-state index is -0.358. The number of aromatic nitrogens is 4. The highest BCUT2D eigenvalue weighted by Gasteiger charge is 2.23. The fraction of sp³-hybridized carbons (Fsp3) is 0.333. The Balaban J connectivity index is 0.000000216. The van der Waals surface area contributed by atoms with Crippen LogP contribution in [0.5, 0.6) is 34.5 Å². The van der Waals surface area contributed by atoms with Crippen LogP contribution in [-0.4, -0.2) is 45.4 Å². The molecule has 2 aliphatic rings. The van der Waals surface area contributed by atoms with Crippen LogP contribution in [0.15, 0.2) is 53.6 Å². The summed E-state index contributed by atoms with van der Waals surface area (Å²) in [6.07, 6.45) is 3.39. The van der Waals surface area contributed by atoms with Gasteiger partial charge in [0.25, 0.3) is 0 Å². The SMILES string of the molecule is CC.CC.Cn1cc2c(nc1=O)Nc1c(OCCN)cccc1O2.Cn1cc2c(nc1=S)Nc1c(OCCN)cccc1O2. The van der Waals surface area contributed by atoms with E-state index in [0.717, 1.165) is 5.69 Å². The van der Waals surface area contributed by atoms with Crippen LogP contribution in [-0.2, 0) is 14.1 Å². The van der Waals surface area contributed by atoms with Gasteiger partial charge in [0, 0.05) is 27.2 Å². The molecule has 0 saturated carbocycles. The lowest BCUT2D eigenvalue weighted by Gasteiger charge is -2.23. The first-order chi connectivity index (χ1) is 21.4. The van der Waals surface area contributed by atoms with Gasteiger partial charge in [-0.05, 0) is 36.5 Å². The number of hydrogen-bond donors (Lipinski definition) is 4. The van der Waals surface area contributed by atoms with Crippen molar-refractivity contribution >= 4 is 35.2 Å². The molecule has 0 saturated heterocycles. The number of nitrogens with one attached hydrogen (secondary N) is 2. The zero-order chi connectivity index (χ0) is 32.2. The number of para-hydroxylation sites is 2. The van der Waals surface area contributed by atoms with Gasteiger partial charge in [0.05, 0.1) is 12.4 Å². The van der Waals surface area contributed by atoms with E-state index in [2.05, 4.69) is 20.6 Å². The van der Waals surface area contributed by atoms with E-state index >= 15 is 0 Å². The summed E-state index contributed by atoms with van der Waals surface area (Å²) in [5.41, 5.74) is 11.9. The van der Waals surface area contributed by atoms with Crippen molar-refractivity contribution in [2.75, 3.05) is 36.9 Å². The normalized spacial score (nSPS) is 11.1. The molecule has 0 fully saturated rings. The maximum atomic E-state index is 11.6. The number of aryl methyl sites for hydroxylation is 2. The molecule has 6 rings (SSSR count). The third kappa shape index (κ3) is 7.83. The highest BCUT2D eigenvalue weighted by Crippen LogP contribution is 2.46. The molecule has 0 aliphatic carbocycles. The van der Waals surface area contributed by atoms with Crippen molar-refractivity contribution in [3.05, 3.63) is 64.0 Å². The Labute approximate surface area is 261 Å². The van der Waals surface area contributed by atoms with E-state index < -0.39 is 0 Å². The second-order valence-corrected chi connectivity index (χ2v) is 9.05. The average Bonchev–Trinajstić information content (AvgIpc) is 3.04. The van der Waals surface area contributed by atoms with Gasteiger partial charge in [-0.2, -0.15) is 9.97 Å². The van der Waals surface area contributed by atoms with Crippen molar-refractivity contribution in [3.8, 4) is 34.5 Å². The summed E-state index contributed by atoms with van der Waals surface area (Å²) in [4.78, 5) is 19.8. The third-order valence-electron chi connectivity index (χ3n) is 5.76. The summed E-state index contributed by atoms with van der Waals surface area (Å²) < 4.78 is 26.3. The second-order valence-electron chi connectivity index (χ2n) is 8.68. The van der Waals surface area contributed by atoms with Gasteiger partial charge < -0.3 is 45.6 Å². The molecule has 0 radical (unpaired) electrons. The molecular weight excluding hydrogens is 584 g/mol. The van der Waals surface area contributed by atoms with Gasteiger partial charge in [-0.3, -0.25) is 4.57 Å². The largest absolute Gasteiger partial charge is 0.490 e. The van der Waals surface area contributed by atoms with Gasteiger partial charge in [0.1, 0.15) is 36.1 Å². The molecule has 2 aromatic carbocycles. The lowest BCUT2D eigenvalue weighted by Crippen LogP contribution is -2.22. The molecule has 2 aromatic heterocycles. The number of hydrogen-bond acceptors (Lipinski definition) is 12. The first-order valence-electron chi connectivity index (χ1n) is 14.3. The van der Waals surface area contributed by atoms with E-state index in [1.54, 1.807) is 30.1 Å². The van der Waals surface area contributed by atoms with E-state index in [-0.39, 0.29) is 5.69 Å². The number of benzene rings is 2. The minimum Gasteiger partial charge on any atom is -0.490 e. The molecule has 4 heterocycles. The Morgan fingerprint density at radius 1 is 0.750 bits per heavy atom. The molecule has 0 amide bonds. The van der Waals surface area contributed by atoms with Crippen LogP contribution in [0, 0.1) is 4.77 Å². The molecule has 236 valence electrons. The van der Waals surface area contributed by atoms with E-state index in [1.165, 1.54) is 4.57 Å². The van der Waals surface area contributed by atoms with Gasteiger partial charge >= 0.3 is 5.69 Å². The number of anilines is 4. The highest BCUT2D eigenvalue weighted by atomic mass is 32.1. The lowest BCUT2D eigenvalue weighted by molar-refractivity contribution is 0.327. The molecule has 4 aromatic rings. The monoisotopic (exact) mass is 624 g/mol. The summed E-state index contributed by atoms with van der Waals surface area (Å²) >= 11 is 5.15. The van der Waals surface area contributed by atoms with E-state index in [4.69, 9.17) is 42.6 Å². The number of ether oxygens (including phenoxy) is 4. The van der Waals surface area contributed by atoms with E-state index in [1.807, 2.05) is 65.1 Å². The van der Waals surface area contributed by atoms with Gasteiger partial charge in [0.2, 0.25) is 4.77 Å². The van der Waals surface area contributed by atoms with Crippen molar-refractivity contribution < 1.29 is 18.9 Å². The molecule has 6 N–H and O–H groups in total. The fourth-order valence-electron chi connectivity index (χ4n) is 3.86. The van der Waals surface area contributed by atoms with Crippen molar-refractivity contribution in [3.63, 3.8) is 0 Å². The summed E-state index contributed by atoms with van der Waals surface area (Å²) in [5.74, 6) is 4.69. The summed E-state index contributed by atoms with van der Waals surface area (Å²) in [6, 6.07) is 11.0. The molecule has 0 bridgehead atoms.